The molecule has 14 nitrogen and oxygen atoms in total. The van der Waals surface area contributed by atoms with E-state index in [1.165, 1.54) is 0 Å². The van der Waals surface area contributed by atoms with Crippen LogP contribution in [0.3, 0.4) is 0 Å². The van der Waals surface area contributed by atoms with Crippen LogP contribution in [-0.4, -0.2) is 54.8 Å². The molecule has 0 rings (SSSR count). The zero-order chi connectivity index (χ0) is 4.50. The van der Waals surface area contributed by atoms with Gasteiger partial charge >= 0.3 is 118 Å². The summed E-state index contributed by atoms with van der Waals surface area (Å²) in [5.74, 6) is 0. The topological polar surface area (TPSA) is 401 Å². The Morgan fingerprint density at radius 1 is 0.421 bits per heavy atom. The van der Waals surface area contributed by atoms with Gasteiger partial charge in [0, 0.05) is 0 Å². The van der Waals surface area contributed by atoms with Crippen molar-refractivity contribution in [3.05, 3.63) is 0 Å². The molecule has 0 saturated heterocycles. The van der Waals surface area contributed by atoms with Crippen molar-refractivity contribution in [3.8, 4) is 0 Å². The van der Waals surface area contributed by atoms with E-state index in [2.05, 4.69) is 0 Å². The molecule has 0 aromatic heterocycles. The first-order valence-electron chi connectivity index (χ1n) is 0.730. The van der Waals surface area contributed by atoms with Crippen LogP contribution >= 0.6 is 7.82 Å². The fourth-order valence-electron chi connectivity index (χ4n) is 0. The molecule has 0 aromatic rings. The van der Waals surface area contributed by atoms with Crippen LogP contribution in [0.5, 0.6) is 0 Å². The Hall–Kier alpha value is 3.71. The number of phosphoric acid groups is 1. The van der Waals surface area contributed by atoms with Gasteiger partial charge in [0.2, 0.25) is 0 Å². The van der Waals surface area contributed by atoms with Gasteiger partial charge in [0.25, 0.3) is 0 Å². The van der Waals surface area contributed by atoms with Crippen molar-refractivity contribution in [1.82, 2.24) is 0 Å². The summed E-state index contributed by atoms with van der Waals surface area (Å²) in [6, 6.07) is 0. The Kier molecular flexibility index (Phi) is 936. The largest absolute Gasteiger partial charge is 1.00 e. The normalized spacial score (nSPS) is 3.11. The van der Waals surface area contributed by atoms with Gasteiger partial charge in [0.15, 0.2) is 0 Å². The molecule has 0 unspecified atom stereocenters. The molecule has 112 valence electrons. The Morgan fingerprint density at radius 2 is 0.421 bits per heavy atom. The summed E-state index contributed by atoms with van der Waals surface area (Å²) in [4.78, 5) is 25.6. The van der Waals surface area contributed by atoms with E-state index in [9.17, 15) is 0 Å². The Bertz CT molecular complexity index is 65.6. The predicted molar refractivity (Wildman–Crippen MR) is 43.7 cm³/mol. The third-order valence-corrected chi connectivity index (χ3v) is 0. The Labute approximate surface area is 197 Å². The van der Waals surface area contributed by atoms with Crippen LogP contribution in [0.1, 0.15) is 0 Å². The SMILES string of the molecule is O.O.O.O.O.O.O.O.O.O.O=P([O-])([O-])[O-].[Na+].[Na+].[Na+].[Na+]. The van der Waals surface area contributed by atoms with Gasteiger partial charge in [0.05, 0.1) is 0 Å². The van der Waals surface area contributed by atoms with Crippen LogP contribution in [-0.2, 0) is 4.57 Å². The van der Waals surface area contributed by atoms with E-state index in [4.69, 9.17) is 19.2 Å². The van der Waals surface area contributed by atoms with Crippen molar-refractivity contribution >= 4 is 7.82 Å². The second-order valence-corrected chi connectivity index (χ2v) is 1.34. The van der Waals surface area contributed by atoms with Gasteiger partial charge in [0.1, 0.15) is 0 Å². The summed E-state index contributed by atoms with van der Waals surface area (Å²) < 4.78 is 8.55. The molecule has 0 fully saturated rings. The maximum Gasteiger partial charge on any atom is 1.00 e. The maximum atomic E-state index is 8.55. The third-order valence-electron chi connectivity index (χ3n) is 0. The summed E-state index contributed by atoms with van der Waals surface area (Å²) in [7, 11) is -5.39. The molecule has 0 heterocycles. The fourth-order valence-corrected chi connectivity index (χ4v) is 0. The minimum Gasteiger partial charge on any atom is -0.822 e. The number of hydrogen-bond donors (Lipinski definition) is 0. The quantitative estimate of drug-likeness (QED) is 0.297. The van der Waals surface area contributed by atoms with Gasteiger partial charge in [-0.1, -0.05) is 0 Å². The van der Waals surface area contributed by atoms with Crippen molar-refractivity contribution < 1.29 is 192 Å². The van der Waals surface area contributed by atoms with Crippen molar-refractivity contribution in [2.24, 2.45) is 0 Å². The molecule has 0 bridgehead atoms. The molecule has 0 aliphatic rings. The van der Waals surface area contributed by atoms with Gasteiger partial charge in [-0.25, -0.2) is 0 Å². The van der Waals surface area contributed by atoms with Crippen molar-refractivity contribution in [1.29, 1.82) is 0 Å². The zero-order valence-electron chi connectivity index (χ0n) is 11.1. The molecule has 0 aliphatic carbocycles. The second kappa shape index (κ2) is 98.8. The monoisotopic (exact) mass is 367 g/mol. The van der Waals surface area contributed by atoms with Gasteiger partial charge < -0.3 is 74.0 Å². The van der Waals surface area contributed by atoms with Crippen LogP contribution in [0.2, 0.25) is 0 Å². The first-order chi connectivity index (χ1) is 2.00. The van der Waals surface area contributed by atoms with Crippen LogP contribution in [0, 0.1) is 0 Å². The molecule has 19 heavy (non-hydrogen) atoms. The van der Waals surface area contributed by atoms with E-state index >= 15 is 0 Å². The standard InChI is InChI=1S/4Na.H3O4P.10H2O/c;;;;1-5(2,3)4;;;;;;;;;;/h;;;;(H3,1,2,3,4);10*1H2/q4*+1;;;;;;;;;;;/p-3. The van der Waals surface area contributed by atoms with E-state index in [-0.39, 0.29) is 173 Å². The van der Waals surface area contributed by atoms with E-state index in [1.807, 2.05) is 0 Å². The molecule has 0 spiro atoms. The fraction of sp³-hybridized carbons (Fsp3) is 0. The van der Waals surface area contributed by atoms with Crippen molar-refractivity contribution in [2.45, 2.75) is 0 Å². The average molecular weight is 367 g/mol. The molecular weight excluding hydrogens is 347 g/mol. The van der Waals surface area contributed by atoms with E-state index < -0.39 is 7.82 Å². The summed E-state index contributed by atoms with van der Waals surface area (Å²) in [6.45, 7) is 0. The zero-order valence-corrected chi connectivity index (χ0v) is 20.0. The predicted octanol–water partition coefficient (Wildman–Crippen LogP) is -23.1. The molecule has 0 radical (unpaired) electrons. The molecule has 0 amide bonds. The molecule has 0 saturated carbocycles. The van der Waals surface area contributed by atoms with E-state index in [0.717, 1.165) is 0 Å². The summed E-state index contributed by atoms with van der Waals surface area (Å²) in [6.07, 6.45) is 0. The molecule has 19 heteroatoms. The second-order valence-electron chi connectivity index (χ2n) is 0.447. The summed E-state index contributed by atoms with van der Waals surface area (Å²) in [5.41, 5.74) is 0. The smallest absolute Gasteiger partial charge is 0.822 e. The van der Waals surface area contributed by atoms with Gasteiger partial charge in [-0.15, -0.1) is 0 Å². The minimum atomic E-state index is -5.39. The van der Waals surface area contributed by atoms with Crippen LogP contribution in [0.25, 0.3) is 0 Å². The third kappa shape index (κ3) is 613. The Morgan fingerprint density at radius 3 is 0.421 bits per heavy atom. The van der Waals surface area contributed by atoms with Crippen molar-refractivity contribution in [2.75, 3.05) is 0 Å². The Balaban J connectivity index is -0.000000000879. The van der Waals surface area contributed by atoms with Crippen LogP contribution < -0.4 is 133 Å². The van der Waals surface area contributed by atoms with E-state index in [1.54, 1.807) is 0 Å². The molecular formula is H20Na4O14P+. The van der Waals surface area contributed by atoms with Crippen molar-refractivity contribution in [3.63, 3.8) is 0 Å². The van der Waals surface area contributed by atoms with Gasteiger partial charge in [-0.2, -0.15) is 7.82 Å². The van der Waals surface area contributed by atoms with Gasteiger partial charge in [-0.3, -0.25) is 0 Å². The first-order valence-corrected chi connectivity index (χ1v) is 2.19. The maximum absolute atomic E-state index is 8.55. The minimum absolute atomic E-state index is 0. The molecule has 0 aliphatic heterocycles. The van der Waals surface area contributed by atoms with Gasteiger partial charge in [-0.05, 0) is 0 Å². The molecule has 0 atom stereocenters. The van der Waals surface area contributed by atoms with Crippen LogP contribution in [0.4, 0.5) is 0 Å². The summed E-state index contributed by atoms with van der Waals surface area (Å²) >= 11 is 0. The van der Waals surface area contributed by atoms with Crippen LogP contribution in [0.15, 0.2) is 0 Å². The summed E-state index contributed by atoms with van der Waals surface area (Å²) in [5, 5.41) is 0. The number of rotatable bonds is 0. The van der Waals surface area contributed by atoms with E-state index in [0.29, 0.717) is 0 Å². The average Bonchev–Trinajstić information content (AvgIpc) is 0.722. The number of hydrogen-bond acceptors (Lipinski definition) is 4. The molecule has 0 aromatic carbocycles. The molecule has 20 N–H and O–H groups in total. The first kappa shape index (κ1) is 180.